The molecule has 5 nitrogen and oxygen atoms in total. The lowest BCUT2D eigenvalue weighted by Crippen LogP contribution is -1.94. The van der Waals surface area contributed by atoms with E-state index < -0.39 is 0 Å². The van der Waals surface area contributed by atoms with Crippen LogP contribution >= 0.6 is 0 Å². The first-order chi connectivity index (χ1) is 18.8. The van der Waals surface area contributed by atoms with Crippen LogP contribution in [0, 0.1) is 6.57 Å². The fourth-order valence-corrected chi connectivity index (χ4v) is 4.39. The second kappa shape index (κ2) is 10.3. The van der Waals surface area contributed by atoms with E-state index in [1.807, 2.05) is 72.8 Å². The van der Waals surface area contributed by atoms with Gasteiger partial charge in [-0.2, -0.15) is 0 Å². The van der Waals surface area contributed by atoms with E-state index in [4.69, 9.17) is 16.5 Å². The van der Waals surface area contributed by atoms with Crippen LogP contribution in [0.2, 0.25) is 0 Å². The molecule has 6 aromatic rings. The lowest BCUT2D eigenvalue weighted by molar-refractivity contribution is 1.26. The fraction of sp³-hybridized carbons (Fsp3) is 0. The maximum atomic E-state index is 7.33. The smallest absolute Gasteiger partial charge is 0.187 e. The van der Waals surface area contributed by atoms with E-state index in [0.717, 1.165) is 56.2 Å². The first-order valence-corrected chi connectivity index (χ1v) is 12.2. The van der Waals surface area contributed by atoms with Crippen LogP contribution in [0.4, 0.5) is 5.69 Å². The van der Waals surface area contributed by atoms with Crippen LogP contribution in [-0.2, 0) is 0 Å². The van der Waals surface area contributed by atoms with E-state index in [0.29, 0.717) is 5.69 Å². The second-order valence-corrected chi connectivity index (χ2v) is 8.75. The number of pyridine rings is 4. The summed E-state index contributed by atoms with van der Waals surface area (Å²) in [5, 5.41) is 0. The van der Waals surface area contributed by atoms with Crippen molar-refractivity contribution in [2.75, 3.05) is 0 Å². The molecular formula is C33H21N5. The second-order valence-electron chi connectivity index (χ2n) is 8.75. The van der Waals surface area contributed by atoms with Gasteiger partial charge in [-0.1, -0.05) is 42.5 Å². The highest BCUT2D eigenvalue weighted by atomic mass is 14.7. The van der Waals surface area contributed by atoms with Gasteiger partial charge >= 0.3 is 0 Å². The Labute approximate surface area is 221 Å². The Hall–Kier alpha value is -5.47. The maximum Gasteiger partial charge on any atom is 0.187 e. The fourth-order valence-electron chi connectivity index (χ4n) is 4.39. The normalized spacial score (nSPS) is 10.6. The van der Waals surface area contributed by atoms with Crippen LogP contribution in [0.1, 0.15) is 0 Å². The van der Waals surface area contributed by atoms with E-state index in [9.17, 15) is 0 Å². The minimum absolute atomic E-state index is 0.626. The zero-order valence-electron chi connectivity index (χ0n) is 20.4. The third kappa shape index (κ3) is 4.79. The van der Waals surface area contributed by atoms with Crippen molar-refractivity contribution in [3.63, 3.8) is 0 Å². The molecule has 2 aromatic carbocycles. The topological polar surface area (TPSA) is 55.9 Å². The van der Waals surface area contributed by atoms with Gasteiger partial charge < -0.3 is 0 Å². The number of benzene rings is 2. The Morgan fingerprint density at radius 2 is 0.921 bits per heavy atom. The molecule has 0 radical (unpaired) electrons. The predicted molar refractivity (Wildman–Crippen MR) is 151 cm³/mol. The molecule has 0 bridgehead atoms. The zero-order valence-corrected chi connectivity index (χ0v) is 20.4. The molecule has 0 saturated heterocycles. The maximum absolute atomic E-state index is 7.33. The van der Waals surface area contributed by atoms with Gasteiger partial charge in [-0.25, -0.2) is 14.8 Å². The Balaban J connectivity index is 1.44. The number of rotatable bonds is 5. The minimum atomic E-state index is 0.626. The summed E-state index contributed by atoms with van der Waals surface area (Å²) in [6, 6.07) is 34.0. The Morgan fingerprint density at radius 3 is 1.55 bits per heavy atom. The van der Waals surface area contributed by atoms with E-state index in [2.05, 4.69) is 45.1 Å². The van der Waals surface area contributed by atoms with Gasteiger partial charge in [0, 0.05) is 47.0 Å². The van der Waals surface area contributed by atoms with Crippen LogP contribution in [0.15, 0.2) is 128 Å². The summed E-state index contributed by atoms with van der Waals surface area (Å²) in [5.74, 6) is 0. The van der Waals surface area contributed by atoms with Gasteiger partial charge in [0.1, 0.15) is 0 Å². The van der Waals surface area contributed by atoms with Crippen LogP contribution < -0.4 is 0 Å². The van der Waals surface area contributed by atoms with E-state index in [1.165, 1.54) is 0 Å². The van der Waals surface area contributed by atoms with Crippen LogP contribution in [0.3, 0.4) is 0 Å². The Kier molecular flexibility index (Phi) is 6.20. The molecule has 0 spiro atoms. The molecule has 0 N–H and O–H groups in total. The molecule has 0 amide bonds. The first kappa shape index (κ1) is 23.0. The number of hydrogen-bond acceptors (Lipinski definition) is 4. The molecule has 0 aliphatic carbocycles. The lowest BCUT2D eigenvalue weighted by atomic mass is 10.00. The van der Waals surface area contributed by atoms with E-state index in [-0.39, 0.29) is 0 Å². The molecule has 4 heterocycles. The van der Waals surface area contributed by atoms with E-state index >= 15 is 0 Å². The molecule has 0 fully saturated rings. The van der Waals surface area contributed by atoms with Crippen LogP contribution in [0.5, 0.6) is 0 Å². The van der Waals surface area contributed by atoms with Crippen molar-refractivity contribution in [2.24, 2.45) is 0 Å². The highest BCUT2D eigenvalue weighted by Gasteiger charge is 2.11. The molecule has 178 valence electrons. The molecule has 0 aliphatic heterocycles. The van der Waals surface area contributed by atoms with Crippen LogP contribution in [-0.4, -0.2) is 19.9 Å². The molecule has 5 heteroatoms. The van der Waals surface area contributed by atoms with Crippen molar-refractivity contribution in [1.82, 2.24) is 19.9 Å². The number of hydrogen-bond donors (Lipinski definition) is 0. The molecule has 0 atom stereocenters. The quantitative estimate of drug-likeness (QED) is 0.230. The summed E-state index contributed by atoms with van der Waals surface area (Å²) in [6.07, 6.45) is 7.09. The van der Waals surface area contributed by atoms with Gasteiger partial charge in [0.05, 0.1) is 29.3 Å². The molecule has 38 heavy (non-hydrogen) atoms. The summed E-state index contributed by atoms with van der Waals surface area (Å²) in [6.45, 7) is 7.33. The van der Waals surface area contributed by atoms with Crippen molar-refractivity contribution in [3.05, 3.63) is 139 Å². The monoisotopic (exact) mass is 487 g/mol. The third-order valence-electron chi connectivity index (χ3n) is 6.29. The minimum Gasteiger partial charge on any atom is -0.265 e. The summed E-state index contributed by atoms with van der Waals surface area (Å²) >= 11 is 0. The first-order valence-electron chi connectivity index (χ1n) is 12.2. The summed E-state index contributed by atoms with van der Waals surface area (Å²) in [7, 11) is 0. The number of nitrogens with zero attached hydrogens (tertiary/aromatic N) is 5. The van der Waals surface area contributed by atoms with Gasteiger partial charge in [0.2, 0.25) is 0 Å². The van der Waals surface area contributed by atoms with Crippen LogP contribution in [0.25, 0.3) is 61.0 Å². The summed E-state index contributed by atoms with van der Waals surface area (Å²) < 4.78 is 0. The molecule has 0 saturated carbocycles. The van der Waals surface area contributed by atoms with Gasteiger partial charge in [-0.05, 0) is 71.8 Å². The van der Waals surface area contributed by atoms with Gasteiger partial charge in [0.15, 0.2) is 5.69 Å². The zero-order chi connectivity index (χ0) is 25.7. The summed E-state index contributed by atoms with van der Waals surface area (Å²) in [4.78, 5) is 21.9. The van der Waals surface area contributed by atoms with Gasteiger partial charge in [-0.3, -0.25) is 9.97 Å². The molecular weight excluding hydrogens is 466 g/mol. The van der Waals surface area contributed by atoms with Gasteiger partial charge in [-0.15, -0.1) is 0 Å². The molecule has 0 unspecified atom stereocenters. The van der Waals surface area contributed by atoms with Crippen molar-refractivity contribution < 1.29 is 0 Å². The van der Waals surface area contributed by atoms with Gasteiger partial charge in [0.25, 0.3) is 0 Å². The average molecular weight is 488 g/mol. The standard InChI is InChI=1S/C33H21N5/c1-34-29-8-3-6-26(20-29)25-5-2-7-27(19-25)30-9-4-10-31(37-30)28-21-32(23-11-15-35-16-12-23)38-33(22-28)24-13-17-36-18-14-24/h2-22H. The van der Waals surface area contributed by atoms with E-state index in [1.54, 1.807) is 24.8 Å². The molecule has 4 aromatic heterocycles. The molecule has 0 aliphatic rings. The van der Waals surface area contributed by atoms with Crippen molar-refractivity contribution in [2.45, 2.75) is 0 Å². The highest BCUT2D eigenvalue weighted by Crippen LogP contribution is 2.32. The lowest BCUT2D eigenvalue weighted by Gasteiger charge is -2.11. The number of aromatic nitrogens is 4. The Bertz CT molecular complexity index is 1720. The van der Waals surface area contributed by atoms with Crippen molar-refractivity contribution in [3.8, 4) is 56.2 Å². The van der Waals surface area contributed by atoms with Crippen molar-refractivity contribution in [1.29, 1.82) is 0 Å². The predicted octanol–water partition coefficient (Wildman–Crippen LogP) is 8.15. The molecule has 6 rings (SSSR count). The highest BCUT2D eigenvalue weighted by molar-refractivity contribution is 5.77. The summed E-state index contributed by atoms with van der Waals surface area (Å²) in [5.41, 5.74) is 10.1. The largest absolute Gasteiger partial charge is 0.265 e. The average Bonchev–Trinajstić information content (AvgIpc) is 3.02. The van der Waals surface area contributed by atoms with Crippen molar-refractivity contribution >= 4 is 5.69 Å². The third-order valence-corrected chi connectivity index (χ3v) is 6.29. The Morgan fingerprint density at radius 1 is 0.421 bits per heavy atom. The SMILES string of the molecule is [C-]#[N+]c1cccc(-c2cccc(-c3cccc(-c4cc(-c5ccncc5)nc(-c5ccncc5)c4)n3)c2)c1.